The molecule has 0 atom stereocenters. The molecule has 3 rings (SSSR count). The first kappa shape index (κ1) is 20.2. The van der Waals surface area contributed by atoms with E-state index in [0.717, 1.165) is 40.4 Å². The van der Waals surface area contributed by atoms with Crippen molar-refractivity contribution in [2.45, 2.75) is 13.3 Å². The monoisotopic (exact) mass is 390 g/mol. The molecule has 0 aliphatic rings. The predicted molar refractivity (Wildman–Crippen MR) is 118 cm³/mol. The first-order valence-electron chi connectivity index (χ1n) is 9.45. The van der Waals surface area contributed by atoms with E-state index in [2.05, 4.69) is 41.1 Å². The fourth-order valence-electron chi connectivity index (χ4n) is 3.01. The van der Waals surface area contributed by atoms with Crippen LogP contribution >= 0.6 is 0 Å². The number of allylic oxidation sites excluding steroid dienone is 1. The Bertz CT molecular complexity index is 990. The standard InChI is InChI=1S/C23H26N4O2/c1-5-18(20-8-6-7-9-21(20)28-3)16-27-13-12-24-23(27)17(2)14-25-19-10-11-22(29-4)26-15-19/h6-13,15-16,25H,2,5,14H2,1,3-4H3/b18-16+. The Labute approximate surface area is 171 Å². The van der Waals surface area contributed by atoms with E-state index in [-0.39, 0.29) is 0 Å². The predicted octanol–water partition coefficient (Wildman–Crippen LogP) is 4.83. The number of pyridine rings is 1. The number of aromatic nitrogens is 3. The highest BCUT2D eigenvalue weighted by atomic mass is 16.5. The lowest BCUT2D eigenvalue weighted by Gasteiger charge is -2.13. The van der Waals surface area contributed by atoms with E-state index in [1.54, 1.807) is 26.6 Å². The summed E-state index contributed by atoms with van der Waals surface area (Å²) in [7, 11) is 3.29. The van der Waals surface area contributed by atoms with Gasteiger partial charge in [0.05, 0.1) is 26.1 Å². The summed E-state index contributed by atoms with van der Waals surface area (Å²) in [5.41, 5.74) is 3.99. The van der Waals surface area contributed by atoms with Gasteiger partial charge in [-0.15, -0.1) is 0 Å². The number of anilines is 1. The van der Waals surface area contributed by atoms with E-state index in [0.29, 0.717) is 12.4 Å². The van der Waals surface area contributed by atoms with Crippen LogP contribution in [0, 0.1) is 0 Å². The molecule has 0 unspecified atom stereocenters. The largest absolute Gasteiger partial charge is 0.496 e. The van der Waals surface area contributed by atoms with Crippen molar-refractivity contribution >= 4 is 23.0 Å². The van der Waals surface area contributed by atoms with Gasteiger partial charge in [-0.1, -0.05) is 31.7 Å². The van der Waals surface area contributed by atoms with Gasteiger partial charge >= 0.3 is 0 Å². The van der Waals surface area contributed by atoms with Crippen molar-refractivity contribution in [3.8, 4) is 11.6 Å². The minimum absolute atomic E-state index is 0.551. The summed E-state index contributed by atoms with van der Waals surface area (Å²) in [6.07, 6.45) is 8.39. The highest BCUT2D eigenvalue weighted by Crippen LogP contribution is 2.29. The second kappa shape index (κ2) is 9.59. The normalized spacial score (nSPS) is 11.2. The average molecular weight is 390 g/mol. The maximum atomic E-state index is 5.52. The van der Waals surface area contributed by atoms with Gasteiger partial charge in [-0.2, -0.15) is 0 Å². The molecule has 29 heavy (non-hydrogen) atoms. The van der Waals surface area contributed by atoms with Gasteiger partial charge in [0.25, 0.3) is 0 Å². The van der Waals surface area contributed by atoms with Crippen LogP contribution in [0.1, 0.15) is 24.7 Å². The Morgan fingerprint density at radius 2 is 1.97 bits per heavy atom. The van der Waals surface area contributed by atoms with Crippen molar-refractivity contribution in [2.75, 3.05) is 26.1 Å². The van der Waals surface area contributed by atoms with Crippen LogP contribution in [-0.2, 0) is 0 Å². The van der Waals surface area contributed by atoms with Gasteiger partial charge in [-0.25, -0.2) is 9.97 Å². The third-order valence-electron chi connectivity index (χ3n) is 4.57. The molecule has 0 fully saturated rings. The Balaban J connectivity index is 1.78. The second-order valence-electron chi connectivity index (χ2n) is 6.41. The number of benzene rings is 1. The first-order chi connectivity index (χ1) is 14.2. The number of rotatable bonds is 9. The quantitative estimate of drug-likeness (QED) is 0.567. The number of imidazole rings is 1. The number of nitrogens with one attached hydrogen (secondary N) is 1. The highest BCUT2D eigenvalue weighted by Gasteiger charge is 2.10. The van der Waals surface area contributed by atoms with Crippen molar-refractivity contribution < 1.29 is 9.47 Å². The zero-order valence-electron chi connectivity index (χ0n) is 17.1. The van der Waals surface area contributed by atoms with Crippen molar-refractivity contribution in [3.05, 3.63) is 73.0 Å². The van der Waals surface area contributed by atoms with Gasteiger partial charge in [0.1, 0.15) is 11.6 Å². The fraction of sp³-hybridized carbons (Fsp3) is 0.217. The molecule has 2 aromatic heterocycles. The summed E-state index contributed by atoms with van der Waals surface area (Å²) >= 11 is 0. The number of hydrogen-bond donors (Lipinski definition) is 1. The lowest BCUT2D eigenvalue weighted by Crippen LogP contribution is -2.07. The molecule has 1 N–H and O–H groups in total. The SMILES string of the molecule is C=C(CNc1ccc(OC)nc1)c1nccn1/C=C(\CC)c1ccccc1OC. The van der Waals surface area contributed by atoms with Crippen molar-refractivity contribution in [3.63, 3.8) is 0 Å². The molecule has 0 bridgehead atoms. The minimum atomic E-state index is 0.551. The van der Waals surface area contributed by atoms with Crippen LogP contribution in [0.5, 0.6) is 11.6 Å². The van der Waals surface area contributed by atoms with Crippen LogP contribution in [0.3, 0.4) is 0 Å². The Hall–Kier alpha value is -3.54. The van der Waals surface area contributed by atoms with Gasteiger partial charge < -0.3 is 19.4 Å². The molecule has 150 valence electrons. The maximum absolute atomic E-state index is 5.52. The van der Waals surface area contributed by atoms with Crippen LogP contribution in [0.15, 0.2) is 61.6 Å². The number of nitrogens with zero attached hydrogens (tertiary/aromatic N) is 3. The van der Waals surface area contributed by atoms with Crippen LogP contribution in [0.2, 0.25) is 0 Å². The molecule has 3 aromatic rings. The van der Waals surface area contributed by atoms with E-state index in [9.17, 15) is 0 Å². The van der Waals surface area contributed by atoms with Crippen LogP contribution in [-0.4, -0.2) is 35.3 Å². The average Bonchev–Trinajstić information content (AvgIpc) is 3.24. The molecule has 0 saturated heterocycles. The summed E-state index contributed by atoms with van der Waals surface area (Å²) < 4.78 is 12.6. The lowest BCUT2D eigenvalue weighted by atomic mass is 10.0. The van der Waals surface area contributed by atoms with E-state index in [1.165, 1.54) is 0 Å². The highest BCUT2D eigenvalue weighted by molar-refractivity contribution is 5.79. The zero-order chi connectivity index (χ0) is 20.6. The van der Waals surface area contributed by atoms with E-state index < -0.39 is 0 Å². The first-order valence-corrected chi connectivity index (χ1v) is 9.45. The van der Waals surface area contributed by atoms with Crippen molar-refractivity contribution in [1.29, 1.82) is 0 Å². The number of ether oxygens (including phenoxy) is 2. The van der Waals surface area contributed by atoms with Crippen molar-refractivity contribution in [2.24, 2.45) is 0 Å². The van der Waals surface area contributed by atoms with Crippen LogP contribution in [0.25, 0.3) is 17.3 Å². The lowest BCUT2D eigenvalue weighted by molar-refractivity contribution is 0.398. The summed E-state index contributed by atoms with van der Waals surface area (Å²) in [5, 5.41) is 3.32. The fourth-order valence-corrected chi connectivity index (χ4v) is 3.01. The molecule has 2 heterocycles. The molecular weight excluding hydrogens is 364 g/mol. The number of para-hydroxylation sites is 1. The maximum Gasteiger partial charge on any atom is 0.213 e. The Morgan fingerprint density at radius 3 is 2.66 bits per heavy atom. The summed E-state index contributed by atoms with van der Waals surface area (Å²) in [5.74, 6) is 2.24. The number of methoxy groups -OCH3 is 2. The van der Waals surface area contributed by atoms with E-state index >= 15 is 0 Å². The van der Waals surface area contributed by atoms with Gasteiger partial charge in [-0.05, 0) is 24.1 Å². The smallest absolute Gasteiger partial charge is 0.213 e. The van der Waals surface area contributed by atoms with E-state index in [4.69, 9.17) is 9.47 Å². The molecule has 0 amide bonds. The molecule has 6 nitrogen and oxygen atoms in total. The molecule has 0 aliphatic heterocycles. The summed E-state index contributed by atoms with van der Waals surface area (Å²) in [4.78, 5) is 8.69. The molecule has 0 radical (unpaired) electrons. The van der Waals surface area contributed by atoms with Crippen molar-refractivity contribution in [1.82, 2.24) is 14.5 Å². The summed E-state index contributed by atoms with van der Waals surface area (Å²) in [6.45, 7) is 6.88. The van der Waals surface area contributed by atoms with Crippen LogP contribution in [0.4, 0.5) is 5.69 Å². The zero-order valence-corrected chi connectivity index (χ0v) is 17.1. The molecule has 0 saturated carbocycles. The number of hydrogen-bond acceptors (Lipinski definition) is 5. The summed E-state index contributed by atoms with van der Waals surface area (Å²) in [6, 6.07) is 11.8. The minimum Gasteiger partial charge on any atom is -0.496 e. The topological polar surface area (TPSA) is 61.2 Å². The van der Waals surface area contributed by atoms with Crippen LogP contribution < -0.4 is 14.8 Å². The second-order valence-corrected chi connectivity index (χ2v) is 6.41. The Kier molecular flexibility index (Phi) is 6.68. The van der Waals surface area contributed by atoms with Gasteiger partial charge in [0.15, 0.2) is 0 Å². The van der Waals surface area contributed by atoms with E-state index in [1.807, 2.05) is 41.1 Å². The third kappa shape index (κ3) is 4.85. The van der Waals surface area contributed by atoms with Gasteiger partial charge in [0.2, 0.25) is 5.88 Å². The molecule has 1 aromatic carbocycles. The van der Waals surface area contributed by atoms with Gasteiger partial charge in [-0.3, -0.25) is 0 Å². The molecule has 6 heteroatoms. The Morgan fingerprint density at radius 1 is 1.14 bits per heavy atom. The molecular formula is C23H26N4O2. The van der Waals surface area contributed by atoms with Gasteiger partial charge in [0, 0.05) is 42.3 Å². The molecule has 0 aliphatic carbocycles. The third-order valence-corrected chi connectivity index (χ3v) is 4.57. The molecule has 0 spiro atoms.